The third-order valence-electron chi connectivity index (χ3n) is 3.05. The minimum absolute atomic E-state index is 0.712. The molecule has 19 heavy (non-hydrogen) atoms. The molecule has 0 saturated carbocycles. The second-order valence-electron chi connectivity index (χ2n) is 4.45. The Bertz CT molecular complexity index is 624. The van der Waals surface area contributed by atoms with Gasteiger partial charge in [-0.25, -0.2) is 0 Å². The minimum Gasteiger partial charge on any atom is -0.363 e. The number of aromatic nitrogens is 1. The summed E-state index contributed by atoms with van der Waals surface area (Å²) in [6, 6.07) is 15.9. The summed E-state index contributed by atoms with van der Waals surface area (Å²) in [5, 5.41) is 4.81. The Morgan fingerprint density at radius 3 is 2.21 bits per heavy atom. The van der Waals surface area contributed by atoms with Crippen LogP contribution in [0.1, 0.15) is 5.56 Å². The van der Waals surface area contributed by atoms with E-state index >= 15 is 0 Å². The lowest BCUT2D eigenvalue weighted by Gasteiger charge is -2.02. The van der Waals surface area contributed by atoms with Crippen LogP contribution in [0.5, 0.6) is 0 Å². The second kappa shape index (κ2) is 4.90. The van der Waals surface area contributed by atoms with E-state index in [0.717, 1.165) is 22.4 Å². The SMILES string of the molecule is Cc1ccc(-c2conc2-c2ccc(Cl)cc2)cc1. The Kier molecular flexibility index (Phi) is 3.10. The van der Waals surface area contributed by atoms with Gasteiger partial charge in [0, 0.05) is 16.1 Å². The summed E-state index contributed by atoms with van der Waals surface area (Å²) >= 11 is 5.90. The molecule has 2 nitrogen and oxygen atoms in total. The van der Waals surface area contributed by atoms with Gasteiger partial charge in [-0.15, -0.1) is 0 Å². The molecule has 3 heteroatoms. The average Bonchev–Trinajstić information content (AvgIpc) is 2.90. The minimum atomic E-state index is 0.712. The molecule has 94 valence electrons. The molecule has 1 heterocycles. The van der Waals surface area contributed by atoms with E-state index in [1.54, 1.807) is 6.26 Å². The van der Waals surface area contributed by atoms with Gasteiger partial charge in [-0.2, -0.15) is 0 Å². The van der Waals surface area contributed by atoms with E-state index in [0.29, 0.717) is 5.02 Å². The standard InChI is InChI=1S/C16H12ClNO/c1-11-2-4-12(5-3-11)15-10-19-18-16(15)13-6-8-14(17)9-7-13/h2-10H,1H3. The lowest BCUT2D eigenvalue weighted by molar-refractivity contribution is 0.422. The van der Waals surface area contributed by atoms with Crippen molar-refractivity contribution in [3.8, 4) is 22.4 Å². The van der Waals surface area contributed by atoms with Gasteiger partial charge in [0.1, 0.15) is 12.0 Å². The summed E-state index contributed by atoms with van der Waals surface area (Å²) in [4.78, 5) is 0. The van der Waals surface area contributed by atoms with Crippen LogP contribution in [0, 0.1) is 6.92 Å². The van der Waals surface area contributed by atoms with Gasteiger partial charge in [-0.1, -0.05) is 58.7 Å². The molecule has 2 aromatic carbocycles. The number of hydrogen-bond donors (Lipinski definition) is 0. The summed E-state index contributed by atoms with van der Waals surface area (Å²) in [5.41, 5.74) is 5.14. The summed E-state index contributed by atoms with van der Waals surface area (Å²) in [5.74, 6) is 0. The summed E-state index contributed by atoms with van der Waals surface area (Å²) in [6.07, 6.45) is 1.68. The fraction of sp³-hybridized carbons (Fsp3) is 0.0625. The van der Waals surface area contributed by atoms with Crippen molar-refractivity contribution in [2.24, 2.45) is 0 Å². The fourth-order valence-electron chi connectivity index (χ4n) is 1.99. The molecule has 0 aliphatic heterocycles. The first-order valence-corrected chi connectivity index (χ1v) is 6.39. The van der Waals surface area contributed by atoms with Crippen LogP contribution in [0.4, 0.5) is 0 Å². The van der Waals surface area contributed by atoms with E-state index in [9.17, 15) is 0 Å². The van der Waals surface area contributed by atoms with Crippen LogP contribution in [0.15, 0.2) is 59.3 Å². The van der Waals surface area contributed by atoms with Gasteiger partial charge in [0.15, 0.2) is 0 Å². The van der Waals surface area contributed by atoms with Gasteiger partial charge < -0.3 is 4.52 Å². The maximum absolute atomic E-state index is 5.90. The molecule has 1 aromatic heterocycles. The smallest absolute Gasteiger partial charge is 0.132 e. The highest BCUT2D eigenvalue weighted by atomic mass is 35.5. The molecule has 3 aromatic rings. The normalized spacial score (nSPS) is 10.6. The Morgan fingerprint density at radius 2 is 1.53 bits per heavy atom. The van der Waals surface area contributed by atoms with E-state index in [1.807, 2.05) is 24.3 Å². The maximum Gasteiger partial charge on any atom is 0.132 e. The molecule has 0 fully saturated rings. The van der Waals surface area contributed by atoms with Crippen molar-refractivity contribution in [2.45, 2.75) is 6.92 Å². The molecular weight excluding hydrogens is 258 g/mol. The third kappa shape index (κ3) is 2.40. The van der Waals surface area contributed by atoms with E-state index in [1.165, 1.54) is 5.56 Å². The van der Waals surface area contributed by atoms with E-state index < -0.39 is 0 Å². The Hall–Kier alpha value is -2.06. The largest absolute Gasteiger partial charge is 0.363 e. The zero-order chi connectivity index (χ0) is 13.2. The number of halogens is 1. The van der Waals surface area contributed by atoms with Crippen molar-refractivity contribution in [2.75, 3.05) is 0 Å². The van der Waals surface area contributed by atoms with E-state index in [-0.39, 0.29) is 0 Å². The number of benzene rings is 2. The van der Waals surface area contributed by atoms with E-state index in [2.05, 4.69) is 36.3 Å². The third-order valence-corrected chi connectivity index (χ3v) is 3.30. The van der Waals surface area contributed by atoms with Gasteiger partial charge in [0.25, 0.3) is 0 Å². The second-order valence-corrected chi connectivity index (χ2v) is 4.89. The van der Waals surface area contributed by atoms with Crippen molar-refractivity contribution < 1.29 is 4.52 Å². The first-order valence-electron chi connectivity index (χ1n) is 6.01. The van der Waals surface area contributed by atoms with Crippen LogP contribution in [0.2, 0.25) is 5.02 Å². The summed E-state index contributed by atoms with van der Waals surface area (Å²) in [7, 11) is 0. The summed E-state index contributed by atoms with van der Waals surface area (Å²) in [6.45, 7) is 2.07. The highest BCUT2D eigenvalue weighted by Crippen LogP contribution is 2.31. The lowest BCUT2D eigenvalue weighted by atomic mass is 10.0. The molecular formula is C16H12ClNO. The number of rotatable bonds is 2. The molecule has 0 radical (unpaired) electrons. The zero-order valence-corrected chi connectivity index (χ0v) is 11.2. The molecule has 0 spiro atoms. The van der Waals surface area contributed by atoms with Crippen molar-refractivity contribution >= 4 is 11.6 Å². The Morgan fingerprint density at radius 1 is 0.895 bits per heavy atom. The predicted molar refractivity (Wildman–Crippen MR) is 77.1 cm³/mol. The van der Waals surface area contributed by atoms with Gasteiger partial charge in [0.05, 0.1) is 0 Å². The van der Waals surface area contributed by atoms with Crippen molar-refractivity contribution in [1.82, 2.24) is 5.16 Å². The molecule has 0 saturated heterocycles. The summed E-state index contributed by atoms with van der Waals surface area (Å²) < 4.78 is 5.13. The quantitative estimate of drug-likeness (QED) is 0.656. The van der Waals surface area contributed by atoms with Crippen LogP contribution < -0.4 is 0 Å². The Labute approximate surface area is 116 Å². The maximum atomic E-state index is 5.90. The molecule has 0 unspecified atom stereocenters. The highest BCUT2D eigenvalue weighted by Gasteiger charge is 2.11. The van der Waals surface area contributed by atoms with Gasteiger partial charge >= 0.3 is 0 Å². The molecule has 0 aliphatic carbocycles. The topological polar surface area (TPSA) is 26.0 Å². The van der Waals surface area contributed by atoms with Gasteiger partial charge in [0.2, 0.25) is 0 Å². The van der Waals surface area contributed by atoms with Crippen molar-refractivity contribution in [3.63, 3.8) is 0 Å². The van der Waals surface area contributed by atoms with Crippen LogP contribution in [-0.2, 0) is 0 Å². The molecule has 0 bridgehead atoms. The van der Waals surface area contributed by atoms with Crippen LogP contribution in [-0.4, -0.2) is 5.16 Å². The molecule has 0 aliphatic rings. The van der Waals surface area contributed by atoms with Crippen molar-refractivity contribution in [1.29, 1.82) is 0 Å². The van der Waals surface area contributed by atoms with Crippen LogP contribution >= 0.6 is 11.6 Å². The first-order chi connectivity index (χ1) is 9.24. The lowest BCUT2D eigenvalue weighted by Crippen LogP contribution is -1.82. The monoisotopic (exact) mass is 269 g/mol. The average molecular weight is 270 g/mol. The molecule has 0 amide bonds. The van der Waals surface area contributed by atoms with Crippen LogP contribution in [0.25, 0.3) is 22.4 Å². The highest BCUT2D eigenvalue weighted by molar-refractivity contribution is 6.30. The van der Waals surface area contributed by atoms with Crippen molar-refractivity contribution in [3.05, 3.63) is 65.4 Å². The Balaban J connectivity index is 2.07. The molecule has 3 rings (SSSR count). The molecule has 0 N–H and O–H groups in total. The number of hydrogen-bond acceptors (Lipinski definition) is 2. The van der Waals surface area contributed by atoms with Gasteiger partial charge in [-0.3, -0.25) is 0 Å². The van der Waals surface area contributed by atoms with Crippen LogP contribution in [0.3, 0.4) is 0 Å². The van der Waals surface area contributed by atoms with E-state index in [4.69, 9.17) is 16.1 Å². The number of aryl methyl sites for hydroxylation is 1. The first kappa shape index (κ1) is 12.0. The number of nitrogens with zero attached hydrogens (tertiary/aromatic N) is 1. The zero-order valence-electron chi connectivity index (χ0n) is 10.4. The fourth-order valence-corrected chi connectivity index (χ4v) is 2.12. The predicted octanol–water partition coefficient (Wildman–Crippen LogP) is 4.97. The molecule has 0 atom stereocenters. The van der Waals surface area contributed by atoms with Gasteiger partial charge in [-0.05, 0) is 24.6 Å².